The number of aryl methyl sites for hydroxylation is 1. The van der Waals surface area contributed by atoms with Gasteiger partial charge in [0.15, 0.2) is 0 Å². The molecule has 0 spiro atoms. The molecule has 0 bridgehead atoms. The molecule has 0 aliphatic rings. The molecular weight excluding hydrogens is 331 g/mol. The molecule has 86 valence electrons. The zero-order valence-corrected chi connectivity index (χ0v) is 11.2. The molecule has 2 aromatic rings. The molecule has 0 saturated heterocycles. The van der Waals surface area contributed by atoms with Gasteiger partial charge < -0.3 is 5.32 Å². The third kappa shape index (κ3) is 2.91. The van der Waals surface area contributed by atoms with Crippen molar-refractivity contribution in [1.29, 1.82) is 5.26 Å². The van der Waals surface area contributed by atoms with Gasteiger partial charge >= 0.3 is 0 Å². The molecule has 1 N–H and O–H groups in total. The van der Waals surface area contributed by atoms with Crippen LogP contribution >= 0.6 is 22.6 Å². The van der Waals surface area contributed by atoms with Crippen molar-refractivity contribution in [3.05, 3.63) is 27.9 Å². The van der Waals surface area contributed by atoms with Crippen LogP contribution in [0.4, 0.5) is 11.6 Å². The van der Waals surface area contributed by atoms with Gasteiger partial charge in [-0.25, -0.2) is 9.97 Å². The van der Waals surface area contributed by atoms with E-state index in [0.29, 0.717) is 5.95 Å². The Morgan fingerprint density at radius 3 is 2.82 bits per heavy atom. The number of nitrogens with zero attached hydrogens (tertiary/aromatic N) is 5. The fourth-order valence-corrected chi connectivity index (χ4v) is 1.57. The zero-order valence-electron chi connectivity index (χ0n) is 9.05. The Bertz CT molecular complexity index is 553. The fourth-order valence-electron chi connectivity index (χ4n) is 1.29. The highest BCUT2D eigenvalue weighted by molar-refractivity contribution is 14.1. The van der Waals surface area contributed by atoms with Crippen molar-refractivity contribution in [1.82, 2.24) is 19.7 Å². The largest absolute Gasteiger partial charge is 0.321 e. The molecule has 0 radical (unpaired) electrons. The number of anilines is 2. The summed E-state index contributed by atoms with van der Waals surface area (Å²) >= 11 is 2.14. The van der Waals surface area contributed by atoms with Crippen LogP contribution in [0.1, 0.15) is 5.69 Å². The number of aromatic nitrogens is 4. The van der Waals surface area contributed by atoms with Crippen molar-refractivity contribution in [3.8, 4) is 6.07 Å². The molecule has 0 atom stereocenters. The number of halogens is 1. The van der Waals surface area contributed by atoms with Crippen LogP contribution in [0.2, 0.25) is 0 Å². The van der Waals surface area contributed by atoms with Crippen LogP contribution in [0.25, 0.3) is 0 Å². The van der Waals surface area contributed by atoms with E-state index in [9.17, 15) is 0 Å². The second-order valence-corrected chi connectivity index (χ2v) is 4.58. The predicted octanol–water partition coefficient (Wildman–Crippen LogP) is 1.85. The summed E-state index contributed by atoms with van der Waals surface area (Å²) < 4.78 is 2.55. The van der Waals surface area contributed by atoms with Crippen molar-refractivity contribution >= 4 is 34.2 Å². The molecule has 2 rings (SSSR count). The molecule has 17 heavy (non-hydrogen) atoms. The van der Waals surface area contributed by atoms with Crippen LogP contribution in [0.3, 0.4) is 0 Å². The van der Waals surface area contributed by atoms with E-state index < -0.39 is 0 Å². The van der Waals surface area contributed by atoms with Gasteiger partial charge in [0, 0.05) is 16.0 Å². The fraction of sp³-hybridized carbons (Fsp3) is 0.200. The van der Waals surface area contributed by atoms with Crippen LogP contribution in [0.15, 0.2) is 18.6 Å². The first kappa shape index (κ1) is 11.8. The minimum atomic E-state index is 0.232. The summed E-state index contributed by atoms with van der Waals surface area (Å²) in [7, 11) is 0. The SMILES string of the molecule is Cc1nn(CC#N)cc1Nc1ncc(I)cn1. The van der Waals surface area contributed by atoms with Crippen molar-refractivity contribution in [3.63, 3.8) is 0 Å². The lowest BCUT2D eigenvalue weighted by Crippen LogP contribution is -1.97. The van der Waals surface area contributed by atoms with Crippen molar-refractivity contribution in [2.24, 2.45) is 0 Å². The molecule has 0 saturated carbocycles. The summed E-state index contributed by atoms with van der Waals surface area (Å²) in [5.74, 6) is 0.519. The van der Waals surface area contributed by atoms with E-state index in [1.807, 2.05) is 13.0 Å². The molecule has 0 fully saturated rings. The number of rotatable bonds is 3. The molecule has 0 aliphatic heterocycles. The monoisotopic (exact) mass is 340 g/mol. The molecule has 0 aromatic carbocycles. The Morgan fingerprint density at radius 2 is 2.18 bits per heavy atom. The molecule has 0 amide bonds. The van der Waals surface area contributed by atoms with E-state index in [0.717, 1.165) is 15.0 Å². The van der Waals surface area contributed by atoms with Crippen molar-refractivity contribution in [2.45, 2.75) is 13.5 Å². The van der Waals surface area contributed by atoms with Crippen molar-refractivity contribution < 1.29 is 0 Å². The van der Waals surface area contributed by atoms with Gasteiger partial charge in [0.1, 0.15) is 6.54 Å². The van der Waals surface area contributed by atoms with Gasteiger partial charge in [0.2, 0.25) is 5.95 Å². The molecule has 0 aliphatic carbocycles. The highest BCUT2D eigenvalue weighted by atomic mass is 127. The lowest BCUT2D eigenvalue weighted by Gasteiger charge is -2.01. The Labute approximate surface area is 112 Å². The smallest absolute Gasteiger partial charge is 0.227 e. The molecule has 2 aromatic heterocycles. The summed E-state index contributed by atoms with van der Waals surface area (Å²) in [6, 6.07) is 2.04. The predicted molar refractivity (Wildman–Crippen MR) is 70.6 cm³/mol. The molecule has 6 nitrogen and oxygen atoms in total. The molecule has 7 heteroatoms. The second kappa shape index (κ2) is 5.09. The quantitative estimate of drug-likeness (QED) is 0.863. The van der Waals surface area contributed by atoms with Gasteiger partial charge in [0.05, 0.1) is 23.6 Å². The van der Waals surface area contributed by atoms with Crippen LogP contribution in [-0.2, 0) is 6.54 Å². The van der Waals surface area contributed by atoms with Crippen LogP contribution in [0.5, 0.6) is 0 Å². The van der Waals surface area contributed by atoms with Crippen LogP contribution in [0, 0.1) is 21.8 Å². The highest BCUT2D eigenvalue weighted by Gasteiger charge is 2.06. The van der Waals surface area contributed by atoms with Gasteiger partial charge in [0.25, 0.3) is 0 Å². The van der Waals surface area contributed by atoms with E-state index in [1.165, 1.54) is 0 Å². The summed E-state index contributed by atoms with van der Waals surface area (Å²) in [6.07, 6.45) is 5.22. The number of hydrogen-bond donors (Lipinski definition) is 1. The molecule has 2 heterocycles. The Balaban J connectivity index is 2.18. The lowest BCUT2D eigenvalue weighted by molar-refractivity contribution is 0.701. The third-order valence-electron chi connectivity index (χ3n) is 2.05. The topological polar surface area (TPSA) is 79.4 Å². The molecular formula is C10H9IN6. The van der Waals surface area contributed by atoms with Crippen molar-refractivity contribution in [2.75, 3.05) is 5.32 Å². The van der Waals surface area contributed by atoms with E-state index in [2.05, 4.69) is 43.0 Å². The minimum Gasteiger partial charge on any atom is -0.321 e. The highest BCUT2D eigenvalue weighted by Crippen LogP contribution is 2.16. The van der Waals surface area contributed by atoms with E-state index in [4.69, 9.17) is 5.26 Å². The first-order valence-corrected chi connectivity index (χ1v) is 5.92. The second-order valence-electron chi connectivity index (χ2n) is 3.33. The Kier molecular flexibility index (Phi) is 3.53. The lowest BCUT2D eigenvalue weighted by atomic mass is 10.4. The summed E-state index contributed by atoms with van der Waals surface area (Å²) in [6.45, 7) is 2.10. The van der Waals surface area contributed by atoms with Gasteiger partial charge in [-0.2, -0.15) is 10.4 Å². The normalized spacial score (nSPS) is 9.94. The van der Waals surface area contributed by atoms with E-state index in [1.54, 1.807) is 23.3 Å². The van der Waals surface area contributed by atoms with Gasteiger partial charge in [-0.1, -0.05) is 0 Å². The van der Waals surface area contributed by atoms with Gasteiger partial charge in [-0.3, -0.25) is 4.68 Å². The van der Waals surface area contributed by atoms with E-state index >= 15 is 0 Å². The maximum atomic E-state index is 8.58. The van der Waals surface area contributed by atoms with Gasteiger partial charge in [-0.15, -0.1) is 0 Å². The number of nitrogens with one attached hydrogen (secondary N) is 1. The van der Waals surface area contributed by atoms with Gasteiger partial charge in [-0.05, 0) is 29.5 Å². The summed E-state index contributed by atoms with van der Waals surface area (Å²) in [4.78, 5) is 8.28. The Morgan fingerprint density at radius 1 is 1.47 bits per heavy atom. The van der Waals surface area contributed by atoms with Crippen LogP contribution in [-0.4, -0.2) is 19.7 Å². The Hall–Kier alpha value is -1.69. The number of hydrogen-bond acceptors (Lipinski definition) is 5. The first-order valence-electron chi connectivity index (χ1n) is 4.84. The average molecular weight is 340 g/mol. The standard InChI is InChI=1S/C10H9IN6/c1-7-9(6-17(16-7)3-2-12)15-10-13-4-8(11)5-14-10/h4-6H,3H2,1H3,(H,13,14,15). The third-order valence-corrected chi connectivity index (χ3v) is 2.60. The number of nitriles is 1. The minimum absolute atomic E-state index is 0.232. The maximum absolute atomic E-state index is 8.58. The van der Waals surface area contributed by atoms with Crippen LogP contribution < -0.4 is 5.32 Å². The summed E-state index contributed by atoms with van der Waals surface area (Å²) in [5, 5.41) is 15.8. The average Bonchev–Trinajstić information content (AvgIpc) is 2.63. The maximum Gasteiger partial charge on any atom is 0.227 e. The first-order chi connectivity index (χ1) is 8.19. The zero-order chi connectivity index (χ0) is 12.3. The summed E-state index contributed by atoms with van der Waals surface area (Å²) in [5.41, 5.74) is 1.61. The van der Waals surface area contributed by atoms with E-state index in [-0.39, 0.29) is 6.54 Å². The molecule has 0 unspecified atom stereocenters.